The van der Waals surface area contributed by atoms with Crippen LogP contribution in [0.25, 0.3) is 0 Å². The summed E-state index contributed by atoms with van der Waals surface area (Å²) in [5, 5.41) is 3.14. The third-order valence-electron chi connectivity index (χ3n) is 4.38. The first-order chi connectivity index (χ1) is 10.8. The maximum Gasteiger partial charge on any atom is 0.399 e. The summed E-state index contributed by atoms with van der Waals surface area (Å²) in [4.78, 5) is 18.6. The Morgan fingerprint density at radius 2 is 2.18 bits per heavy atom. The molecular formula is C16H17N3O3. The van der Waals surface area contributed by atoms with Crippen LogP contribution in [0.1, 0.15) is 16.8 Å². The first-order valence-electron chi connectivity index (χ1n) is 7.48. The number of amides is 1. The number of hydrogen-bond donors (Lipinski definition) is 1. The maximum absolute atomic E-state index is 12.3. The Bertz CT molecular complexity index is 654. The Morgan fingerprint density at radius 3 is 2.82 bits per heavy atom. The molecule has 0 spiro atoms. The molecule has 22 heavy (non-hydrogen) atoms. The molecule has 0 saturated carbocycles. The van der Waals surface area contributed by atoms with Crippen molar-refractivity contribution in [3.8, 4) is 11.8 Å². The van der Waals surface area contributed by atoms with Crippen molar-refractivity contribution in [1.82, 2.24) is 15.2 Å². The number of nitrogens with one attached hydrogen (secondary N) is 1. The van der Waals surface area contributed by atoms with Gasteiger partial charge < -0.3 is 19.4 Å². The van der Waals surface area contributed by atoms with Crippen molar-refractivity contribution in [3.63, 3.8) is 0 Å². The molecule has 2 aromatic rings. The minimum Gasteiger partial charge on any atom is -0.417 e. The fraction of sp³-hybridized carbons (Fsp3) is 0.375. The van der Waals surface area contributed by atoms with E-state index in [1.54, 1.807) is 24.3 Å². The van der Waals surface area contributed by atoms with E-state index in [2.05, 4.69) is 15.2 Å². The quantitative estimate of drug-likeness (QED) is 0.934. The van der Waals surface area contributed by atoms with Crippen molar-refractivity contribution in [1.29, 1.82) is 0 Å². The number of nitrogens with zero attached hydrogens (tertiary/aromatic N) is 2. The van der Waals surface area contributed by atoms with Crippen LogP contribution in [0.15, 0.2) is 41.1 Å². The number of oxazole rings is 1. The summed E-state index contributed by atoms with van der Waals surface area (Å²) in [5.41, 5.74) is 0.637. The lowest BCUT2D eigenvalue weighted by atomic mass is 9.99. The molecule has 114 valence electrons. The van der Waals surface area contributed by atoms with E-state index in [4.69, 9.17) is 9.15 Å². The minimum absolute atomic E-state index is 0.0265. The molecule has 6 heteroatoms. The van der Waals surface area contributed by atoms with E-state index in [1.807, 2.05) is 0 Å². The Hall–Kier alpha value is -2.34. The highest BCUT2D eigenvalue weighted by atomic mass is 16.6. The van der Waals surface area contributed by atoms with Gasteiger partial charge in [0.15, 0.2) is 0 Å². The highest BCUT2D eigenvalue weighted by Crippen LogP contribution is 2.28. The van der Waals surface area contributed by atoms with Gasteiger partial charge in [-0.05, 0) is 43.1 Å². The SMILES string of the molecule is O=C(NC1CN2CCC1C2)c1ccc(Oc2ncco2)cc1. The van der Waals surface area contributed by atoms with Crippen molar-refractivity contribution >= 4 is 5.91 Å². The molecule has 2 fully saturated rings. The fourth-order valence-electron chi connectivity index (χ4n) is 3.24. The Labute approximate surface area is 128 Å². The van der Waals surface area contributed by atoms with Crippen molar-refractivity contribution in [3.05, 3.63) is 42.3 Å². The maximum atomic E-state index is 12.3. The first kappa shape index (κ1) is 13.3. The second kappa shape index (κ2) is 5.46. The smallest absolute Gasteiger partial charge is 0.399 e. The third kappa shape index (κ3) is 2.57. The lowest BCUT2D eigenvalue weighted by Crippen LogP contribution is -2.43. The average Bonchev–Trinajstić information content (AvgIpc) is 3.25. The molecule has 4 rings (SSSR count). The van der Waals surface area contributed by atoms with Gasteiger partial charge in [0, 0.05) is 24.7 Å². The van der Waals surface area contributed by atoms with Gasteiger partial charge in [-0.3, -0.25) is 4.79 Å². The van der Waals surface area contributed by atoms with E-state index in [1.165, 1.54) is 25.4 Å². The molecule has 2 bridgehead atoms. The topological polar surface area (TPSA) is 67.6 Å². The Morgan fingerprint density at radius 1 is 1.32 bits per heavy atom. The number of benzene rings is 1. The number of piperidine rings is 1. The molecule has 0 radical (unpaired) electrons. The normalized spacial score (nSPS) is 26.1. The molecule has 2 aliphatic heterocycles. The monoisotopic (exact) mass is 299 g/mol. The summed E-state index contributed by atoms with van der Waals surface area (Å²) in [6, 6.07) is 7.26. The highest BCUT2D eigenvalue weighted by molar-refractivity contribution is 5.94. The predicted molar refractivity (Wildman–Crippen MR) is 78.8 cm³/mol. The largest absolute Gasteiger partial charge is 0.417 e. The van der Waals surface area contributed by atoms with Crippen LogP contribution in [0.3, 0.4) is 0 Å². The van der Waals surface area contributed by atoms with E-state index in [0.29, 0.717) is 17.2 Å². The fourth-order valence-corrected chi connectivity index (χ4v) is 3.24. The van der Waals surface area contributed by atoms with Gasteiger partial charge in [-0.15, -0.1) is 0 Å². The van der Waals surface area contributed by atoms with Crippen LogP contribution in [-0.2, 0) is 0 Å². The lowest BCUT2D eigenvalue weighted by Gasteiger charge is -2.23. The second-order valence-corrected chi connectivity index (χ2v) is 5.81. The van der Waals surface area contributed by atoms with Gasteiger partial charge in [0.05, 0.1) is 6.20 Å². The van der Waals surface area contributed by atoms with Crippen LogP contribution >= 0.6 is 0 Å². The molecule has 1 amide bonds. The predicted octanol–water partition coefficient (Wildman–Crippen LogP) is 1.90. The van der Waals surface area contributed by atoms with E-state index in [9.17, 15) is 4.79 Å². The van der Waals surface area contributed by atoms with Crippen LogP contribution < -0.4 is 10.1 Å². The van der Waals surface area contributed by atoms with Gasteiger partial charge in [0.1, 0.15) is 12.0 Å². The summed E-state index contributed by atoms with van der Waals surface area (Å²) >= 11 is 0. The van der Waals surface area contributed by atoms with Crippen molar-refractivity contribution < 1.29 is 13.9 Å². The Balaban J connectivity index is 1.38. The molecule has 1 N–H and O–H groups in total. The van der Waals surface area contributed by atoms with Crippen LogP contribution in [0.5, 0.6) is 11.8 Å². The van der Waals surface area contributed by atoms with Crippen molar-refractivity contribution in [2.75, 3.05) is 19.6 Å². The molecule has 1 aromatic carbocycles. The zero-order chi connectivity index (χ0) is 14.9. The molecule has 6 nitrogen and oxygen atoms in total. The summed E-state index contributed by atoms with van der Waals surface area (Å²) in [5.74, 6) is 1.17. The number of carbonyl (C=O) groups is 1. The van der Waals surface area contributed by atoms with Gasteiger partial charge in [-0.2, -0.15) is 4.98 Å². The highest BCUT2D eigenvalue weighted by Gasteiger charge is 2.38. The molecule has 3 unspecified atom stereocenters. The molecular weight excluding hydrogens is 282 g/mol. The second-order valence-electron chi connectivity index (χ2n) is 5.81. The van der Waals surface area contributed by atoms with Gasteiger partial charge in [0.25, 0.3) is 5.91 Å². The van der Waals surface area contributed by atoms with Crippen LogP contribution in [0.2, 0.25) is 0 Å². The summed E-state index contributed by atoms with van der Waals surface area (Å²) in [7, 11) is 0. The van der Waals surface area contributed by atoms with Gasteiger partial charge in [-0.25, -0.2) is 0 Å². The number of fused-ring (bicyclic) bond motifs is 2. The zero-order valence-electron chi connectivity index (χ0n) is 12.1. The molecule has 2 saturated heterocycles. The molecule has 1 aromatic heterocycles. The number of hydrogen-bond acceptors (Lipinski definition) is 5. The first-order valence-corrected chi connectivity index (χ1v) is 7.48. The Kier molecular flexibility index (Phi) is 3.31. The van der Waals surface area contributed by atoms with E-state index < -0.39 is 0 Å². The van der Waals surface area contributed by atoms with E-state index >= 15 is 0 Å². The standard InChI is InChI=1S/C16H17N3O3/c20-15(18-14-10-19-7-5-12(14)9-19)11-1-3-13(4-2-11)22-16-17-6-8-21-16/h1-4,6,8,12,14H,5,7,9-10H2,(H,18,20). The number of aromatic nitrogens is 1. The molecule has 3 atom stereocenters. The van der Waals surface area contributed by atoms with E-state index in [0.717, 1.165) is 13.1 Å². The molecule has 0 aliphatic carbocycles. The lowest BCUT2D eigenvalue weighted by molar-refractivity contribution is 0.0924. The molecule has 2 aliphatic rings. The molecule has 3 heterocycles. The minimum atomic E-state index is -0.0265. The summed E-state index contributed by atoms with van der Waals surface area (Å²) in [6.07, 6.45) is 4.34. The number of ether oxygens (including phenoxy) is 1. The van der Waals surface area contributed by atoms with Gasteiger partial charge >= 0.3 is 6.08 Å². The third-order valence-corrected chi connectivity index (χ3v) is 4.38. The van der Waals surface area contributed by atoms with Crippen LogP contribution in [0, 0.1) is 5.92 Å². The van der Waals surface area contributed by atoms with Gasteiger partial charge in [-0.1, -0.05) is 0 Å². The summed E-state index contributed by atoms with van der Waals surface area (Å²) < 4.78 is 10.4. The zero-order valence-corrected chi connectivity index (χ0v) is 12.1. The van der Waals surface area contributed by atoms with Crippen LogP contribution in [-0.4, -0.2) is 41.5 Å². The van der Waals surface area contributed by atoms with Crippen LogP contribution in [0.4, 0.5) is 0 Å². The number of rotatable bonds is 4. The van der Waals surface area contributed by atoms with Crippen molar-refractivity contribution in [2.24, 2.45) is 5.92 Å². The van der Waals surface area contributed by atoms with Crippen molar-refractivity contribution in [2.45, 2.75) is 12.5 Å². The summed E-state index contributed by atoms with van der Waals surface area (Å²) in [6.45, 7) is 3.26. The average molecular weight is 299 g/mol. The van der Waals surface area contributed by atoms with Gasteiger partial charge in [0.2, 0.25) is 0 Å². The van der Waals surface area contributed by atoms with E-state index in [-0.39, 0.29) is 18.0 Å². The number of carbonyl (C=O) groups excluding carboxylic acids is 1.